The Morgan fingerprint density at radius 2 is 2.29 bits per heavy atom. The number of hydrogen-bond donors (Lipinski definition) is 2. The summed E-state index contributed by atoms with van der Waals surface area (Å²) in [5, 5.41) is 1.93. The van der Waals surface area contributed by atoms with E-state index in [0.717, 1.165) is 15.7 Å². The van der Waals surface area contributed by atoms with Gasteiger partial charge in [-0.25, -0.2) is 4.98 Å². The average molecular weight is 265 g/mol. The molecule has 0 radical (unpaired) electrons. The Morgan fingerprint density at radius 3 is 2.88 bits per heavy atom. The lowest BCUT2D eigenvalue weighted by atomic mass is 10.1. The molecule has 17 heavy (non-hydrogen) atoms. The first-order chi connectivity index (χ1) is 8.16. The Bertz CT molecular complexity index is 526. The zero-order valence-electron chi connectivity index (χ0n) is 8.92. The molecule has 2 aromatic rings. The van der Waals surface area contributed by atoms with Crippen LogP contribution in [0.4, 0.5) is 5.69 Å². The Balaban J connectivity index is 2.09. The van der Waals surface area contributed by atoms with Gasteiger partial charge < -0.3 is 11.5 Å². The van der Waals surface area contributed by atoms with E-state index in [1.54, 1.807) is 41.4 Å². The van der Waals surface area contributed by atoms with Gasteiger partial charge in [0.05, 0.1) is 0 Å². The number of aromatic nitrogens is 1. The van der Waals surface area contributed by atoms with Crippen molar-refractivity contribution in [3.8, 4) is 0 Å². The number of nitrogen functional groups attached to an aromatic ring is 1. The van der Waals surface area contributed by atoms with Gasteiger partial charge in [-0.1, -0.05) is 17.8 Å². The summed E-state index contributed by atoms with van der Waals surface area (Å²) < 4.78 is 1.00. The molecule has 0 aliphatic rings. The Morgan fingerprint density at radius 1 is 1.47 bits per heavy atom. The van der Waals surface area contributed by atoms with Crippen LogP contribution >= 0.6 is 23.1 Å². The van der Waals surface area contributed by atoms with Crippen LogP contribution in [0, 0.1) is 0 Å². The van der Waals surface area contributed by atoms with E-state index in [9.17, 15) is 4.79 Å². The van der Waals surface area contributed by atoms with E-state index in [1.807, 2.05) is 11.4 Å². The molecule has 1 heterocycles. The van der Waals surface area contributed by atoms with Crippen molar-refractivity contribution in [2.45, 2.75) is 10.1 Å². The summed E-state index contributed by atoms with van der Waals surface area (Å²) in [7, 11) is 0. The fourth-order valence-electron chi connectivity index (χ4n) is 1.30. The molecule has 0 aliphatic heterocycles. The molecule has 0 spiro atoms. The number of carbonyl (C=O) groups excluding carboxylic acids is 1. The summed E-state index contributed by atoms with van der Waals surface area (Å²) in [6.07, 6.45) is 1.77. The summed E-state index contributed by atoms with van der Waals surface area (Å²) in [4.78, 5) is 15.1. The number of nitrogens with two attached hydrogens (primary N) is 2. The van der Waals surface area contributed by atoms with Crippen molar-refractivity contribution >= 4 is 34.7 Å². The van der Waals surface area contributed by atoms with Crippen LogP contribution in [0.2, 0.25) is 0 Å². The van der Waals surface area contributed by atoms with Crippen molar-refractivity contribution in [2.75, 3.05) is 5.73 Å². The number of thiazole rings is 1. The number of benzene rings is 1. The molecule has 1 aromatic carbocycles. The number of hydrogen-bond acceptors (Lipinski definition) is 5. The SMILES string of the molecule is NC(=O)c1ccc(CSc2nccs2)c(N)c1. The fraction of sp³-hybridized carbons (Fsp3) is 0.0909. The molecule has 0 aliphatic carbocycles. The number of primary amides is 1. The van der Waals surface area contributed by atoms with Crippen molar-refractivity contribution in [1.29, 1.82) is 0 Å². The molecule has 4 nitrogen and oxygen atoms in total. The fourth-order valence-corrected chi connectivity index (χ4v) is 2.95. The predicted molar refractivity (Wildman–Crippen MR) is 71.0 cm³/mol. The quantitative estimate of drug-likeness (QED) is 0.655. The standard InChI is InChI=1S/C11H11N3OS2/c12-9-5-7(10(13)15)1-2-8(9)6-17-11-14-3-4-16-11/h1-5H,6,12H2,(H2,13,15). The third-order valence-electron chi connectivity index (χ3n) is 2.19. The zero-order chi connectivity index (χ0) is 12.3. The topological polar surface area (TPSA) is 82.0 Å². The normalized spacial score (nSPS) is 10.4. The molecule has 0 bridgehead atoms. The van der Waals surface area contributed by atoms with Gasteiger partial charge in [0.25, 0.3) is 0 Å². The van der Waals surface area contributed by atoms with Crippen LogP contribution in [0.25, 0.3) is 0 Å². The molecule has 6 heteroatoms. The number of anilines is 1. The van der Waals surface area contributed by atoms with Crippen LogP contribution in [-0.2, 0) is 5.75 Å². The van der Waals surface area contributed by atoms with E-state index < -0.39 is 5.91 Å². The number of rotatable bonds is 4. The van der Waals surface area contributed by atoms with Gasteiger partial charge in [0.15, 0.2) is 0 Å². The average Bonchev–Trinajstić information content (AvgIpc) is 2.80. The van der Waals surface area contributed by atoms with Gasteiger partial charge in [-0.15, -0.1) is 11.3 Å². The second-order valence-electron chi connectivity index (χ2n) is 3.36. The second kappa shape index (κ2) is 5.20. The highest BCUT2D eigenvalue weighted by molar-refractivity contribution is 8.00. The summed E-state index contributed by atoms with van der Waals surface area (Å²) in [6, 6.07) is 5.13. The molecule has 1 amide bonds. The highest BCUT2D eigenvalue weighted by Gasteiger charge is 2.06. The summed E-state index contributed by atoms with van der Waals surface area (Å²) in [6.45, 7) is 0. The van der Waals surface area contributed by atoms with Crippen LogP contribution in [0.15, 0.2) is 34.1 Å². The molecule has 0 fully saturated rings. The van der Waals surface area contributed by atoms with Gasteiger partial charge in [-0.05, 0) is 17.7 Å². The highest BCUT2D eigenvalue weighted by atomic mass is 32.2. The van der Waals surface area contributed by atoms with Gasteiger partial charge in [0, 0.05) is 28.6 Å². The molecule has 1 aromatic heterocycles. The first kappa shape index (κ1) is 11.9. The number of carbonyl (C=O) groups is 1. The highest BCUT2D eigenvalue weighted by Crippen LogP contribution is 2.27. The minimum Gasteiger partial charge on any atom is -0.398 e. The smallest absolute Gasteiger partial charge is 0.248 e. The Labute approximate surface area is 107 Å². The number of amides is 1. The minimum absolute atomic E-state index is 0.436. The van der Waals surface area contributed by atoms with Crippen LogP contribution < -0.4 is 11.5 Å². The molecule has 2 rings (SSSR count). The molecular weight excluding hydrogens is 254 g/mol. The Kier molecular flexibility index (Phi) is 3.65. The molecule has 0 unspecified atom stereocenters. The van der Waals surface area contributed by atoms with E-state index in [2.05, 4.69) is 4.98 Å². The third kappa shape index (κ3) is 2.98. The van der Waals surface area contributed by atoms with Crippen molar-refractivity contribution < 1.29 is 4.79 Å². The summed E-state index contributed by atoms with van der Waals surface area (Å²) >= 11 is 3.21. The van der Waals surface area contributed by atoms with E-state index >= 15 is 0 Å². The zero-order valence-corrected chi connectivity index (χ0v) is 10.6. The largest absolute Gasteiger partial charge is 0.398 e. The van der Waals surface area contributed by atoms with Crippen molar-refractivity contribution in [1.82, 2.24) is 4.98 Å². The summed E-state index contributed by atoms with van der Waals surface area (Å²) in [5.74, 6) is 0.272. The number of thioether (sulfide) groups is 1. The maximum absolute atomic E-state index is 11.0. The molecule has 88 valence electrons. The third-order valence-corrected chi connectivity index (χ3v) is 4.21. The van der Waals surface area contributed by atoms with Crippen molar-refractivity contribution in [2.24, 2.45) is 5.73 Å². The first-order valence-electron chi connectivity index (χ1n) is 4.87. The maximum Gasteiger partial charge on any atom is 0.248 e. The van der Waals surface area contributed by atoms with Crippen LogP contribution in [0.5, 0.6) is 0 Å². The van der Waals surface area contributed by atoms with Gasteiger partial charge in [0.1, 0.15) is 4.34 Å². The summed E-state index contributed by atoms with van der Waals surface area (Å²) in [5.41, 5.74) is 13.0. The van der Waals surface area contributed by atoms with E-state index in [0.29, 0.717) is 11.3 Å². The van der Waals surface area contributed by atoms with Crippen LogP contribution in [0.3, 0.4) is 0 Å². The molecule has 0 atom stereocenters. The van der Waals surface area contributed by atoms with Gasteiger partial charge in [-0.2, -0.15) is 0 Å². The lowest BCUT2D eigenvalue weighted by Gasteiger charge is -2.05. The Hall–Kier alpha value is -1.53. The number of nitrogens with zero attached hydrogens (tertiary/aromatic N) is 1. The van der Waals surface area contributed by atoms with Crippen molar-refractivity contribution in [3.63, 3.8) is 0 Å². The monoisotopic (exact) mass is 265 g/mol. The van der Waals surface area contributed by atoms with Crippen molar-refractivity contribution in [3.05, 3.63) is 40.9 Å². The molecule has 4 N–H and O–H groups in total. The van der Waals surface area contributed by atoms with Crippen LogP contribution in [-0.4, -0.2) is 10.9 Å². The first-order valence-corrected chi connectivity index (χ1v) is 6.74. The molecule has 0 saturated carbocycles. The maximum atomic E-state index is 11.0. The second-order valence-corrected chi connectivity index (χ2v) is 5.48. The van der Waals surface area contributed by atoms with E-state index in [1.165, 1.54) is 0 Å². The minimum atomic E-state index is -0.462. The van der Waals surface area contributed by atoms with E-state index in [4.69, 9.17) is 11.5 Å². The lowest BCUT2D eigenvalue weighted by molar-refractivity contribution is 0.100. The predicted octanol–water partition coefficient (Wildman–Crippen LogP) is 2.12. The van der Waals surface area contributed by atoms with Gasteiger partial charge in [0.2, 0.25) is 5.91 Å². The molecule has 0 saturated heterocycles. The van der Waals surface area contributed by atoms with Crippen LogP contribution in [0.1, 0.15) is 15.9 Å². The lowest BCUT2D eigenvalue weighted by Crippen LogP contribution is -2.11. The molecular formula is C11H11N3OS2. The van der Waals surface area contributed by atoms with Gasteiger partial charge >= 0.3 is 0 Å². The van der Waals surface area contributed by atoms with Gasteiger partial charge in [-0.3, -0.25) is 4.79 Å². The van der Waals surface area contributed by atoms with E-state index in [-0.39, 0.29) is 0 Å².